The second kappa shape index (κ2) is 9.66. The van der Waals surface area contributed by atoms with Crippen molar-refractivity contribution in [1.29, 1.82) is 0 Å². The number of amides is 3. The van der Waals surface area contributed by atoms with Crippen molar-refractivity contribution >= 4 is 23.6 Å². The number of nitrogens with one attached hydrogen (secondary N) is 3. The summed E-state index contributed by atoms with van der Waals surface area (Å²) in [5.74, 6) is -0.917. The van der Waals surface area contributed by atoms with Gasteiger partial charge < -0.3 is 30.5 Å². The van der Waals surface area contributed by atoms with Gasteiger partial charge in [-0.2, -0.15) is 0 Å². The van der Waals surface area contributed by atoms with Crippen LogP contribution in [0.5, 0.6) is 11.5 Å². The number of hydrogen-bond donors (Lipinski definition) is 4. The fourth-order valence-electron chi connectivity index (χ4n) is 3.20. The topological polar surface area (TPSA) is 126 Å². The average Bonchev–Trinajstić information content (AvgIpc) is 2.73. The minimum Gasteiger partial charge on any atom is -0.490 e. The second-order valence-electron chi connectivity index (χ2n) is 6.71. The predicted molar refractivity (Wildman–Crippen MR) is 113 cm³/mol. The molecule has 0 saturated carbocycles. The largest absolute Gasteiger partial charge is 0.490 e. The monoisotopic (exact) mass is 425 g/mol. The molecule has 0 fully saturated rings. The van der Waals surface area contributed by atoms with Gasteiger partial charge in [-0.3, -0.25) is 4.79 Å². The van der Waals surface area contributed by atoms with Gasteiger partial charge in [0.05, 0.1) is 18.2 Å². The van der Waals surface area contributed by atoms with Gasteiger partial charge in [0.2, 0.25) is 0 Å². The Balaban J connectivity index is 1.94. The molecule has 0 radical (unpaired) electrons. The van der Waals surface area contributed by atoms with Crippen LogP contribution < -0.4 is 25.4 Å². The van der Waals surface area contributed by atoms with E-state index in [0.717, 1.165) is 0 Å². The summed E-state index contributed by atoms with van der Waals surface area (Å²) in [6.45, 7) is 3.23. The molecule has 2 aromatic rings. The molecule has 0 saturated heterocycles. The standard InChI is InChI=1S/C22H23N3O6/c1-3-30-17-11-14(9-10-16(17)31-12-18(26)27)20-19(13(2)23-22(29)25-20)21(28)24-15-7-5-4-6-8-15/h4-11,20H,3,12H2,1-2H3,(H,24,28)(H,26,27)(H2,23,25,29)/t20-/m0/s1. The summed E-state index contributed by atoms with van der Waals surface area (Å²) in [4.78, 5) is 36.0. The highest BCUT2D eigenvalue weighted by Gasteiger charge is 2.32. The van der Waals surface area contributed by atoms with Crippen molar-refractivity contribution in [2.45, 2.75) is 19.9 Å². The molecule has 162 valence electrons. The Morgan fingerprint density at radius 3 is 2.52 bits per heavy atom. The zero-order valence-corrected chi connectivity index (χ0v) is 17.1. The predicted octanol–water partition coefficient (Wildman–Crippen LogP) is 2.82. The number of ether oxygens (including phenoxy) is 2. The van der Waals surface area contributed by atoms with Gasteiger partial charge >= 0.3 is 12.0 Å². The lowest BCUT2D eigenvalue weighted by atomic mass is 9.94. The lowest BCUT2D eigenvalue weighted by molar-refractivity contribution is -0.139. The van der Waals surface area contributed by atoms with Gasteiger partial charge in [0, 0.05) is 11.4 Å². The SMILES string of the molecule is CCOc1cc([C@@H]2NC(=O)NC(C)=C2C(=O)Nc2ccccc2)ccc1OCC(=O)O. The average molecular weight is 425 g/mol. The van der Waals surface area contributed by atoms with Crippen LogP contribution in [0.2, 0.25) is 0 Å². The first kappa shape index (κ1) is 21.7. The lowest BCUT2D eigenvalue weighted by Gasteiger charge is -2.29. The van der Waals surface area contributed by atoms with Crippen LogP contribution >= 0.6 is 0 Å². The number of carbonyl (C=O) groups excluding carboxylic acids is 2. The molecule has 3 rings (SSSR count). The van der Waals surface area contributed by atoms with Crippen LogP contribution in [0.3, 0.4) is 0 Å². The smallest absolute Gasteiger partial charge is 0.341 e. The summed E-state index contributed by atoms with van der Waals surface area (Å²) in [6.07, 6.45) is 0. The molecular weight excluding hydrogens is 402 g/mol. The molecule has 0 bridgehead atoms. The van der Waals surface area contributed by atoms with Crippen molar-refractivity contribution < 1.29 is 29.0 Å². The van der Waals surface area contributed by atoms with Crippen molar-refractivity contribution in [3.05, 3.63) is 65.4 Å². The number of aliphatic carboxylic acids is 1. The van der Waals surface area contributed by atoms with E-state index in [1.165, 1.54) is 0 Å². The minimum absolute atomic E-state index is 0.254. The van der Waals surface area contributed by atoms with Crippen LogP contribution in [0.25, 0.3) is 0 Å². The molecule has 4 N–H and O–H groups in total. The van der Waals surface area contributed by atoms with Crippen molar-refractivity contribution in [2.75, 3.05) is 18.5 Å². The van der Waals surface area contributed by atoms with Gasteiger partial charge in [-0.25, -0.2) is 9.59 Å². The van der Waals surface area contributed by atoms with E-state index in [0.29, 0.717) is 34.9 Å². The molecule has 9 nitrogen and oxygen atoms in total. The zero-order valence-electron chi connectivity index (χ0n) is 17.1. The number of carboxylic acid groups (broad SMARTS) is 1. The van der Waals surface area contributed by atoms with Gasteiger partial charge in [-0.1, -0.05) is 24.3 Å². The quantitative estimate of drug-likeness (QED) is 0.515. The molecule has 2 aromatic carbocycles. The van der Waals surface area contributed by atoms with E-state index < -0.39 is 24.6 Å². The highest BCUT2D eigenvalue weighted by Crippen LogP contribution is 2.34. The molecule has 9 heteroatoms. The van der Waals surface area contributed by atoms with Gasteiger partial charge in [-0.05, 0) is 43.7 Å². The second-order valence-corrected chi connectivity index (χ2v) is 6.71. The Morgan fingerprint density at radius 2 is 1.84 bits per heavy atom. The fourth-order valence-corrected chi connectivity index (χ4v) is 3.20. The zero-order chi connectivity index (χ0) is 22.4. The number of anilines is 1. The van der Waals surface area contributed by atoms with Gasteiger partial charge in [0.25, 0.3) is 5.91 Å². The highest BCUT2D eigenvalue weighted by molar-refractivity contribution is 6.06. The van der Waals surface area contributed by atoms with Crippen LogP contribution in [-0.4, -0.2) is 36.2 Å². The maximum Gasteiger partial charge on any atom is 0.341 e. The summed E-state index contributed by atoms with van der Waals surface area (Å²) in [6, 6.07) is 12.6. The van der Waals surface area contributed by atoms with Crippen molar-refractivity contribution in [1.82, 2.24) is 10.6 Å². The van der Waals surface area contributed by atoms with Crippen LogP contribution in [0, 0.1) is 0 Å². The van der Waals surface area contributed by atoms with E-state index in [1.54, 1.807) is 56.3 Å². The number of hydrogen-bond acceptors (Lipinski definition) is 5. The van der Waals surface area contributed by atoms with E-state index in [1.807, 2.05) is 6.07 Å². The van der Waals surface area contributed by atoms with Gasteiger partial charge in [0.15, 0.2) is 18.1 Å². The Morgan fingerprint density at radius 1 is 1.10 bits per heavy atom. The summed E-state index contributed by atoms with van der Waals surface area (Å²) < 4.78 is 10.9. The number of carbonyl (C=O) groups is 3. The molecule has 0 unspecified atom stereocenters. The molecule has 3 amide bonds. The number of para-hydroxylation sites is 1. The van der Waals surface area contributed by atoms with E-state index in [9.17, 15) is 14.4 Å². The first-order valence-corrected chi connectivity index (χ1v) is 9.65. The summed E-state index contributed by atoms with van der Waals surface area (Å²) in [5.41, 5.74) is 1.96. The molecule has 1 aliphatic heterocycles. The Hall–Kier alpha value is -4.01. The Labute approximate surface area is 179 Å². The maximum atomic E-state index is 13.0. The molecule has 1 aliphatic rings. The molecule has 0 aliphatic carbocycles. The first-order chi connectivity index (χ1) is 14.9. The summed E-state index contributed by atoms with van der Waals surface area (Å²) >= 11 is 0. The van der Waals surface area contributed by atoms with Gasteiger partial charge in [0.1, 0.15) is 0 Å². The fraction of sp³-hybridized carbons (Fsp3) is 0.227. The summed E-state index contributed by atoms with van der Waals surface area (Å²) in [7, 11) is 0. The third kappa shape index (κ3) is 5.33. The third-order valence-electron chi connectivity index (χ3n) is 4.50. The number of carboxylic acids is 1. The molecule has 0 aromatic heterocycles. The number of rotatable bonds is 8. The van der Waals surface area contributed by atoms with E-state index in [2.05, 4.69) is 16.0 Å². The molecule has 1 atom stereocenters. The number of allylic oxidation sites excluding steroid dienone is 1. The molecule has 0 spiro atoms. The molecule has 31 heavy (non-hydrogen) atoms. The first-order valence-electron chi connectivity index (χ1n) is 9.65. The van der Waals surface area contributed by atoms with Crippen LogP contribution in [0.1, 0.15) is 25.5 Å². The lowest BCUT2D eigenvalue weighted by Crippen LogP contribution is -2.46. The van der Waals surface area contributed by atoms with Crippen LogP contribution in [0.4, 0.5) is 10.5 Å². The van der Waals surface area contributed by atoms with E-state index in [-0.39, 0.29) is 11.7 Å². The minimum atomic E-state index is -1.12. The highest BCUT2D eigenvalue weighted by atomic mass is 16.5. The van der Waals surface area contributed by atoms with E-state index in [4.69, 9.17) is 14.6 Å². The van der Waals surface area contributed by atoms with Crippen LogP contribution in [0.15, 0.2) is 59.8 Å². The molecular formula is C22H23N3O6. The summed E-state index contributed by atoms with van der Waals surface area (Å²) in [5, 5.41) is 17.1. The van der Waals surface area contributed by atoms with Crippen molar-refractivity contribution in [3.63, 3.8) is 0 Å². The Kier molecular flexibility index (Phi) is 6.76. The van der Waals surface area contributed by atoms with Crippen LogP contribution in [-0.2, 0) is 9.59 Å². The number of benzene rings is 2. The maximum absolute atomic E-state index is 13.0. The van der Waals surface area contributed by atoms with E-state index >= 15 is 0 Å². The Bertz CT molecular complexity index is 1020. The normalized spacial score (nSPS) is 15.5. The van der Waals surface area contributed by atoms with Gasteiger partial charge in [-0.15, -0.1) is 0 Å². The third-order valence-corrected chi connectivity index (χ3v) is 4.50. The van der Waals surface area contributed by atoms with Crippen molar-refractivity contribution in [3.8, 4) is 11.5 Å². The number of urea groups is 1. The molecule has 1 heterocycles. The van der Waals surface area contributed by atoms with Crippen molar-refractivity contribution in [2.24, 2.45) is 0 Å².